The van der Waals surface area contributed by atoms with E-state index in [2.05, 4.69) is 42.0 Å². The Morgan fingerprint density at radius 1 is 1.35 bits per heavy atom. The predicted octanol–water partition coefficient (Wildman–Crippen LogP) is 4.15. The molecule has 0 spiro atoms. The summed E-state index contributed by atoms with van der Waals surface area (Å²) in [6.07, 6.45) is 2.10. The summed E-state index contributed by atoms with van der Waals surface area (Å²) in [6.45, 7) is 7.53. The summed E-state index contributed by atoms with van der Waals surface area (Å²) in [6, 6.07) is 5.44. The van der Waals surface area contributed by atoms with Crippen molar-refractivity contribution in [1.82, 2.24) is 5.32 Å². The van der Waals surface area contributed by atoms with Gasteiger partial charge in [0.2, 0.25) is 0 Å². The third-order valence-corrected chi connectivity index (χ3v) is 3.99. The van der Waals surface area contributed by atoms with Gasteiger partial charge in [0, 0.05) is 10.5 Å². The van der Waals surface area contributed by atoms with Gasteiger partial charge in [-0.15, -0.1) is 0 Å². The summed E-state index contributed by atoms with van der Waals surface area (Å²) in [5.74, 6) is 0.394. The van der Waals surface area contributed by atoms with Crippen LogP contribution in [0.5, 0.6) is 0 Å². The summed E-state index contributed by atoms with van der Waals surface area (Å²) in [5, 5.41) is 3.46. The fraction of sp³-hybridized carbons (Fsp3) is 0.571. The van der Waals surface area contributed by atoms with Gasteiger partial charge in [0.15, 0.2) is 0 Å². The second-order valence-corrected chi connectivity index (χ2v) is 5.31. The first-order valence-electron chi connectivity index (χ1n) is 6.25. The lowest BCUT2D eigenvalue weighted by Gasteiger charge is -2.24. The summed E-state index contributed by atoms with van der Waals surface area (Å²) < 4.78 is 13.9. The second kappa shape index (κ2) is 7.12. The number of halogens is 2. The first kappa shape index (κ1) is 14.7. The molecule has 96 valence electrons. The molecule has 1 rings (SSSR count). The average Bonchev–Trinajstić information content (AvgIpc) is 2.28. The van der Waals surface area contributed by atoms with E-state index in [1.165, 1.54) is 11.6 Å². The fourth-order valence-corrected chi connectivity index (χ4v) is 2.65. The highest BCUT2D eigenvalue weighted by Gasteiger charge is 2.16. The van der Waals surface area contributed by atoms with E-state index in [1.54, 1.807) is 6.07 Å². The molecule has 1 N–H and O–H groups in total. The van der Waals surface area contributed by atoms with Gasteiger partial charge in [-0.1, -0.05) is 42.3 Å². The zero-order valence-electron chi connectivity index (χ0n) is 10.8. The normalized spacial score (nSPS) is 14.6. The fourth-order valence-electron chi connectivity index (χ4n) is 2.13. The van der Waals surface area contributed by atoms with Crippen LogP contribution in [-0.4, -0.2) is 12.6 Å². The van der Waals surface area contributed by atoms with Crippen LogP contribution in [0, 0.1) is 11.7 Å². The molecular weight excluding hydrogens is 281 g/mol. The van der Waals surface area contributed by atoms with Crippen molar-refractivity contribution in [3.8, 4) is 0 Å². The monoisotopic (exact) mass is 301 g/mol. The van der Waals surface area contributed by atoms with Gasteiger partial charge in [-0.3, -0.25) is 0 Å². The maximum Gasteiger partial charge on any atom is 0.124 e. The van der Waals surface area contributed by atoms with E-state index < -0.39 is 0 Å². The molecule has 17 heavy (non-hydrogen) atoms. The predicted molar refractivity (Wildman–Crippen MR) is 74.7 cm³/mol. The summed E-state index contributed by atoms with van der Waals surface area (Å²) >= 11 is 3.43. The molecule has 0 aromatic heterocycles. The molecule has 1 aromatic carbocycles. The standard InChI is InChI=1S/C14H21BrFN/c1-4-11(10(3)17-5-2)8-12-6-7-13(16)9-14(12)15/h6-7,9-11,17H,4-5,8H2,1-3H3. The van der Waals surface area contributed by atoms with Crippen LogP contribution in [0.15, 0.2) is 22.7 Å². The van der Waals surface area contributed by atoms with Crippen LogP contribution in [0.1, 0.15) is 32.8 Å². The summed E-state index contributed by atoms with van der Waals surface area (Å²) in [5.41, 5.74) is 1.18. The number of rotatable bonds is 6. The van der Waals surface area contributed by atoms with Gasteiger partial charge in [0.05, 0.1) is 0 Å². The number of hydrogen-bond donors (Lipinski definition) is 1. The van der Waals surface area contributed by atoms with Gasteiger partial charge in [0.25, 0.3) is 0 Å². The Hall–Kier alpha value is -0.410. The molecule has 0 heterocycles. The zero-order valence-corrected chi connectivity index (χ0v) is 12.3. The molecule has 0 fully saturated rings. The maximum absolute atomic E-state index is 13.0. The van der Waals surface area contributed by atoms with Gasteiger partial charge in [-0.2, -0.15) is 0 Å². The number of benzene rings is 1. The Bertz CT molecular complexity index is 354. The van der Waals surface area contributed by atoms with E-state index in [1.807, 2.05) is 6.07 Å². The van der Waals surface area contributed by atoms with E-state index in [0.29, 0.717) is 12.0 Å². The lowest BCUT2D eigenvalue weighted by atomic mass is 9.91. The van der Waals surface area contributed by atoms with Crippen molar-refractivity contribution in [2.75, 3.05) is 6.54 Å². The third kappa shape index (κ3) is 4.40. The minimum Gasteiger partial charge on any atom is -0.314 e. The van der Waals surface area contributed by atoms with Crippen LogP contribution in [0.25, 0.3) is 0 Å². The molecule has 0 aliphatic carbocycles. The van der Waals surface area contributed by atoms with Crippen molar-refractivity contribution in [2.45, 2.75) is 39.7 Å². The molecule has 0 amide bonds. The SMILES string of the molecule is CCNC(C)C(CC)Cc1ccc(F)cc1Br. The van der Waals surface area contributed by atoms with Crippen LogP contribution >= 0.6 is 15.9 Å². The van der Waals surface area contributed by atoms with Crippen molar-refractivity contribution < 1.29 is 4.39 Å². The third-order valence-electron chi connectivity index (χ3n) is 3.25. The van der Waals surface area contributed by atoms with E-state index in [-0.39, 0.29) is 5.82 Å². The smallest absolute Gasteiger partial charge is 0.124 e. The molecule has 0 bridgehead atoms. The summed E-state index contributed by atoms with van der Waals surface area (Å²) in [7, 11) is 0. The molecule has 0 saturated heterocycles. The van der Waals surface area contributed by atoms with Crippen molar-refractivity contribution >= 4 is 15.9 Å². The van der Waals surface area contributed by atoms with Crippen molar-refractivity contribution in [3.63, 3.8) is 0 Å². The molecule has 0 aliphatic rings. The molecule has 1 aromatic rings. The topological polar surface area (TPSA) is 12.0 Å². The largest absolute Gasteiger partial charge is 0.314 e. The van der Waals surface area contributed by atoms with Crippen LogP contribution < -0.4 is 5.32 Å². The molecule has 0 aliphatic heterocycles. The van der Waals surface area contributed by atoms with Crippen molar-refractivity contribution in [3.05, 3.63) is 34.1 Å². The average molecular weight is 302 g/mol. The Morgan fingerprint density at radius 3 is 2.59 bits per heavy atom. The summed E-state index contributed by atoms with van der Waals surface area (Å²) in [4.78, 5) is 0. The number of hydrogen-bond acceptors (Lipinski definition) is 1. The van der Waals surface area contributed by atoms with Crippen molar-refractivity contribution in [1.29, 1.82) is 0 Å². The van der Waals surface area contributed by atoms with Gasteiger partial charge in [-0.25, -0.2) is 4.39 Å². The Labute approximate surface area is 112 Å². The van der Waals surface area contributed by atoms with Crippen LogP contribution in [0.2, 0.25) is 0 Å². The minimum absolute atomic E-state index is 0.187. The zero-order chi connectivity index (χ0) is 12.8. The quantitative estimate of drug-likeness (QED) is 0.832. The molecule has 0 saturated carbocycles. The Balaban J connectivity index is 2.73. The highest BCUT2D eigenvalue weighted by Crippen LogP contribution is 2.23. The second-order valence-electron chi connectivity index (χ2n) is 4.45. The van der Waals surface area contributed by atoms with Crippen molar-refractivity contribution in [2.24, 2.45) is 5.92 Å². The van der Waals surface area contributed by atoms with Crippen LogP contribution in [0.3, 0.4) is 0 Å². The van der Waals surface area contributed by atoms with E-state index in [4.69, 9.17) is 0 Å². The van der Waals surface area contributed by atoms with E-state index in [0.717, 1.165) is 23.9 Å². The Kier molecular flexibility index (Phi) is 6.14. The van der Waals surface area contributed by atoms with Crippen LogP contribution in [-0.2, 0) is 6.42 Å². The highest BCUT2D eigenvalue weighted by atomic mass is 79.9. The molecular formula is C14H21BrFN. The Morgan fingerprint density at radius 2 is 2.06 bits per heavy atom. The first-order valence-corrected chi connectivity index (χ1v) is 7.05. The van der Waals surface area contributed by atoms with Gasteiger partial charge in [-0.05, 0) is 43.5 Å². The maximum atomic E-state index is 13.0. The first-order chi connectivity index (χ1) is 8.08. The molecule has 0 radical (unpaired) electrons. The lowest BCUT2D eigenvalue weighted by molar-refractivity contribution is 0.367. The molecule has 2 unspecified atom stereocenters. The minimum atomic E-state index is -0.187. The van der Waals surface area contributed by atoms with Gasteiger partial charge >= 0.3 is 0 Å². The van der Waals surface area contributed by atoms with E-state index in [9.17, 15) is 4.39 Å². The lowest BCUT2D eigenvalue weighted by Crippen LogP contribution is -2.34. The molecule has 3 heteroatoms. The molecule has 2 atom stereocenters. The van der Waals surface area contributed by atoms with Gasteiger partial charge < -0.3 is 5.32 Å². The highest BCUT2D eigenvalue weighted by molar-refractivity contribution is 9.10. The number of nitrogens with one attached hydrogen (secondary N) is 1. The van der Waals surface area contributed by atoms with Crippen LogP contribution in [0.4, 0.5) is 4.39 Å². The van der Waals surface area contributed by atoms with E-state index >= 15 is 0 Å². The molecule has 1 nitrogen and oxygen atoms in total. The van der Waals surface area contributed by atoms with Gasteiger partial charge in [0.1, 0.15) is 5.82 Å².